The van der Waals surface area contributed by atoms with Crippen molar-refractivity contribution in [1.29, 1.82) is 0 Å². The van der Waals surface area contributed by atoms with Crippen molar-refractivity contribution in [1.82, 2.24) is 10.2 Å². The molecular formula is C22H25ClN4O3S. The van der Waals surface area contributed by atoms with Crippen molar-refractivity contribution in [3.63, 3.8) is 0 Å². The summed E-state index contributed by atoms with van der Waals surface area (Å²) in [5.74, 6) is 0.531. The van der Waals surface area contributed by atoms with Crippen molar-refractivity contribution in [2.45, 2.75) is 13.3 Å². The van der Waals surface area contributed by atoms with Crippen LogP contribution in [0, 0.1) is 0 Å². The van der Waals surface area contributed by atoms with Crippen LogP contribution in [0.3, 0.4) is 0 Å². The number of nitrogens with zero attached hydrogens (tertiary/aromatic N) is 2. The van der Waals surface area contributed by atoms with E-state index in [4.69, 9.17) is 28.6 Å². The zero-order valence-electron chi connectivity index (χ0n) is 17.5. The molecule has 1 saturated heterocycles. The second kappa shape index (κ2) is 10.5. The van der Waals surface area contributed by atoms with Crippen molar-refractivity contribution in [3.8, 4) is 5.75 Å². The summed E-state index contributed by atoms with van der Waals surface area (Å²) in [6.45, 7) is 4.71. The molecule has 0 saturated carbocycles. The molecule has 0 spiro atoms. The number of amides is 2. The van der Waals surface area contributed by atoms with Gasteiger partial charge in [0, 0.05) is 43.9 Å². The summed E-state index contributed by atoms with van der Waals surface area (Å²) in [6, 6.07) is 12.3. The molecule has 0 aromatic heterocycles. The average molecular weight is 461 g/mol. The summed E-state index contributed by atoms with van der Waals surface area (Å²) < 4.78 is 5.09. The predicted octanol–water partition coefficient (Wildman–Crippen LogP) is 3.53. The van der Waals surface area contributed by atoms with Gasteiger partial charge >= 0.3 is 0 Å². The van der Waals surface area contributed by atoms with E-state index in [2.05, 4.69) is 15.5 Å². The van der Waals surface area contributed by atoms with E-state index in [0.717, 1.165) is 18.8 Å². The molecule has 31 heavy (non-hydrogen) atoms. The first-order valence-corrected chi connectivity index (χ1v) is 10.8. The molecule has 0 aliphatic carbocycles. The molecule has 2 N–H and O–H groups in total. The number of benzene rings is 2. The smallest absolute Gasteiger partial charge is 0.257 e. The highest BCUT2D eigenvalue weighted by molar-refractivity contribution is 7.80. The fraction of sp³-hybridized carbons (Fsp3) is 0.318. The molecule has 2 amide bonds. The SMILES string of the molecule is CCC(=O)N1CCN(c2ccc(NC(=S)NC(=O)c3ccc(OC)cc3)cc2Cl)CC1. The first-order valence-electron chi connectivity index (χ1n) is 10.00. The van der Waals surface area contributed by atoms with Crippen molar-refractivity contribution in [2.75, 3.05) is 43.5 Å². The van der Waals surface area contributed by atoms with E-state index in [-0.39, 0.29) is 16.9 Å². The summed E-state index contributed by atoms with van der Waals surface area (Å²) in [7, 11) is 1.57. The topological polar surface area (TPSA) is 73.9 Å². The third kappa shape index (κ3) is 5.86. The van der Waals surface area contributed by atoms with Crippen LogP contribution in [0.2, 0.25) is 5.02 Å². The van der Waals surface area contributed by atoms with Gasteiger partial charge in [-0.15, -0.1) is 0 Å². The molecule has 7 nitrogen and oxygen atoms in total. The number of carbonyl (C=O) groups is 2. The van der Waals surface area contributed by atoms with Crippen LogP contribution in [0.5, 0.6) is 5.75 Å². The maximum absolute atomic E-state index is 12.3. The number of carbonyl (C=O) groups excluding carboxylic acids is 2. The molecule has 1 heterocycles. The van der Waals surface area contributed by atoms with Crippen molar-refractivity contribution in [2.24, 2.45) is 0 Å². The third-order valence-electron chi connectivity index (χ3n) is 5.06. The Kier molecular flexibility index (Phi) is 7.70. The number of nitrogens with one attached hydrogen (secondary N) is 2. The Labute approximate surface area is 192 Å². The van der Waals surface area contributed by atoms with Gasteiger partial charge < -0.3 is 19.9 Å². The normalized spacial score (nSPS) is 13.5. The van der Waals surface area contributed by atoms with Gasteiger partial charge in [-0.3, -0.25) is 14.9 Å². The molecule has 1 fully saturated rings. The van der Waals surface area contributed by atoms with Gasteiger partial charge in [0.2, 0.25) is 5.91 Å². The standard InChI is InChI=1S/C22H25ClN4O3S/c1-3-20(28)27-12-10-26(11-13-27)19-9-6-16(14-18(19)23)24-22(31)25-21(29)15-4-7-17(30-2)8-5-15/h4-9,14H,3,10-13H2,1-2H3,(H2,24,25,29,31). The van der Waals surface area contributed by atoms with Gasteiger partial charge in [0.25, 0.3) is 5.91 Å². The van der Waals surface area contributed by atoms with E-state index in [0.29, 0.717) is 41.5 Å². The Morgan fingerprint density at radius 2 is 1.77 bits per heavy atom. The van der Waals surface area contributed by atoms with Crippen LogP contribution >= 0.6 is 23.8 Å². The highest BCUT2D eigenvalue weighted by Crippen LogP contribution is 2.29. The Balaban J connectivity index is 1.56. The second-order valence-electron chi connectivity index (χ2n) is 7.02. The molecular weight excluding hydrogens is 436 g/mol. The molecule has 3 rings (SSSR count). The van der Waals surface area contributed by atoms with Gasteiger partial charge in [-0.25, -0.2) is 0 Å². The molecule has 2 aromatic carbocycles. The second-order valence-corrected chi connectivity index (χ2v) is 7.84. The van der Waals surface area contributed by atoms with E-state index in [1.807, 2.05) is 24.0 Å². The van der Waals surface area contributed by atoms with Crippen LogP contribution in [0.1, 0.15) is 23.7 Å². The van der Waals surface area contributed by atoms with Gasteiger partial charge in [0.15, 0.2) is 5.11 Å². The minimum Gasteiger partial charge on any atom is -0.497 e. The van der Waals surface area contributed by atoms with Crippen LogP contribution in [-0.4, -0.2) is 55.1 Å². The van der Waals surface area contributed by atoms with Crippen LogP contribution in [0.25, 0.3) is 0 Å². The van der Waals surface area contributed by atoms with Gasteiger partial charge in [-0.05, 0) is 54.7 Å². The van der Waals surface area contributed by atoms with E-state index >= 15 is 0 Å². The molecule has 164 valence electrons. The Hall–Kier alpha value is -2.84. The van der Waals surface area contributed by atoms with Crippen molar-refractivity contribution >= 4 is 52.1 Å². The summed E-state index contributed by atoms with van der Waals surface area (Å²) >= 11 is 11.8. The fourth-order valence-electron chi connectivity index (χ4n) is 3.34. The lowest BCUT2D eigenvalue weighted by Gasteiger charge is -2.36. The number of halogens is 1. The molecule has 1 aliphatic rings. The average Bonchev–Trinajstić information content (AvgIpc) is 2.78. The molecule has 2 aromatic rings. The number of hydrogen-bond acceptors (Lipinski definition) is 5. The molecule has 0 unspecified atom stereocenters. The predicted molar refractivity (Wildman–Crippen MR) is 127 cm³/mol. The molecule has 1 aliphatic heterocycles. The summed E-state index contributed by atoms with van der Waals surface area (Å²) in [5.41, 5.74) is 2.05. The number of methoxy groups -OCH3 is 1. The Morgan fingerprint density at radius 3 is 2.35 bits per heavy atom. The maximum Gasteiger partial charge on any atom is 0.257 e. The van der Waals surface area contributed by atoms with Crippen LogP contribution < -0.4 is 20.3 Å². The molecule has 0 atom stereocenters. The summed E-state index contributed by atoms with van der Waals surface area (Å²) in [6.07, 6.45) is 0.524. The monoisotopic (exact) mass is 460 g/mol. The number of rotatable bonds is 5. The minimum atomic E-state index is -0.317. The molecule has 0 bridgehead atoms. The van der Waals surface area contributed by atoms with Crippen LogP contribution in [0.15, 0.2) is 42.5 Å². The van der Waals surface area contributed by atoms with Gasteiger partial charge in [-0.2, -0.15) is 0 Å². The van der Waals surface area contributed by atoms with Gasteiger partial charge in [0.1, 0.15) is 5.75 Å². The van der Waals surface area contributed by atoms with E-state index in [9.17, 15) is 9.59 Å². The minimum absolute atomic E-state index is 0.176. The lowest BCUT2D eigenvalue weighted by atomic mass is 10.2. The first-order chi connectivity index (χ1) is 14.9. The van der Waals surface area contributed by atoms with E-state index in [1.165, 1.54) is 0 Å². The Morgan fingerprint density at radius 1 is 1.10 bits per heavy atom. The van der Waals surface area contributed by atoms with Crippen molar-refractivity contribution < 1.29 is 14.3 Å². The van der Waals surface area contributed by atoms with Gasteiger partial charge in [0.05, 0.1) is 17.8 Å². The highest BCUT2D eigenvalue weighted by Gasteiger charge is 2.21. The fourth-order valence-corrected chi connectivity index (χ4v) is 3.85. The zero-order chi connectivity index (χ0) is 22.4. The van der Waals surface area contributed by atoms with Gasteiger partial charge in [-0.1, -0.05) is 18.5 Å². The lowest BCUT2D eigenvalue weighted by Crippen LogP contribution is -2.48. The summed E-state index contributed by atoms with van der Waals surface area (Å²) in [5, 5.41) is 6.39. The number of ether oxygens (including phenoxy) is 1. The van der Waals surface area contributed by atoms with E-state index < -0.39 is 0 Å². The van der Waals surface area contributed by atoms with Crippen LogP contribution in [0.4, 0.5) is 11.4 Å². The zero-order valence-corrected chi connectivity index (χ0v) is 19.1. The quantitative estimate of drug-likeness (QED) is 0.665. The summed E-state index contributed by atoms with van der Waals surface area (Å²) in [4.78, 5) is 28.2. The van der Waals surface area contributed by atoms with Crippen molar-refractivity contribution in [3.05, 3.63) is 53.1 Å². The third-order valence-corrected chi connectivity index (χ3v) is 5.57. The number of thiocarbonyl (C=S) groups is 1. The number of piperazine rings is 1. The molecule has 9 heteroatoms. The first kappa shape index (κ1) is 22.8. The largest absolute Gasteiger partial charge is 0.497 e. The Bertz CT molecular complexity index is 960. The number of anilines is 2. The lowest BCUT2D eigenvalue weighted by molar-refractivity contribution is -0.131. The van der Waals surface area contributed by atoms with Crippen LogP contribution in [-0.2, 0) is 4.79 Å². The molecule has 0 radical (unpaired) electrons. The maximum atomic E-state index is 12.3. The highest BCUT2D eigenvalue weighted by atomic mass is 35.5. The van der Waals surface area contributed by atoms with E-state index in [1.54, 1.807) is 37.4 Å². The number of hydrogen-bond donors (Lipinski definition) is 2.